The molecule has 0 spiro atoms. The number of likely N-dealkylation sites (tertiary alicyclic amines) is 2. The maximum atomic E-state index is 13.9. The molecule has 3 aliphatic heterocycles. The summed E-state index contributed by atoms with van der Waals surface area (Å²) in [7, 11) is 0. The SMILES string of the molecule is C=Nc1ccc(OCCCCC2CCN(C(=O)[C@H](O)CSCCNC(=O)[C@H](CCCCNC(=O)CCCc3ccc(I)cc3)NC(=O)CN3CCN(CC(=O)O)CCN(CC(=O)O)CCN(CC(=O)O)CC3)CC2)cc1/C(=C\C)C(=O)NCC(=O)N1CC(F)(F)C[C@@H]1C#N. The van der Waals surface area contributed by atoms with E-state index in [1.165, 1.54) is 17.8 Å². The van der Waals surface area contributed by atoms with Crippen LogP contribution in [-0.2, 0) is 49.6 Å². The molecule has 3 heterocycles. The predicted molar refractivity (Wildman–Crippen MR) is 358 cm³/mol. The molecule has 3 saturated heterocycles. The third kappa shape index (κ3) is 28.6. The first-order valence-electron chi connectivity index (χ1n) is 31.9. The summed E-state index contributed by atoms with van der Waals surface area (Å²) in [6.07, 6.45) is 6.45. The molecule has 26 nitrogen and oxygen atoms in total. The number of aliphatic imine (C=N–C) groups is 1. The highest BCUT2D eigenvalue weighted by Crippen LogP contribution is 2.33. The van der Waals surface area contributed by atoms with Crippen LogP contribution in [0.1, 0.15) is 88.7 Å². The van der Waals surface area contributed by atoms with Crippen molar-refractivity contribution in [3.05, 3.63) is 63.2 Å². The zero-order valence-electron chi connectivity index (χ0n) is 53.5. The maximum Gasteiger partial charge on any atom is 0.317 e. The first kappa shape index (κ1) is 77.8. The van der Waals surface area contributed by atoms with E-state index in [4.69, 9.17) is 4.74 Å². The van der Waals surface area contributed by atoms with Gasteiger partial charge in [-0.1, -0.05) is 24.6 Å². The fourth-order valence-corrected chi connectivity index (χ4v) is 12.5. The number of carboxylic acids is 3. The molecule has 6 amide bonds. The van der Waals surface area contributed by atoms with Crippen molar-refractivity contribution in [1.82, 2.24) is 50.7 Å². The molecule has 3 fully saturated rings. The van der Waals surface area contributed by atoms with Gasteiger partial charge in [-0.05, 0) is 136 Å². The summed E-state index contributed by atoms with van der Waals surface area (Å²) in [4.78, 5) is 128. The molecule has 0 bridgehead atoms. The molecule has 0 saturated carbocycles. The standard InChI is InChI=1S/C64H91F2IN12O14S/c1-3-50(61(90)72-38-57(83)79-44-64(65,66)36-48(79)37-68)51-35-49(17-18-52(51)69-2)93-33-7-5-9-46-19-23-78(24-20-46)63(92)54(80)43-94-34-22-71-62(91)53(11-4-6-21-70-55(81)12-8-10-45-13-15-47(67)16-14-45)73-56(82)39-74-25-27-75(40-58(84)85)29-31-77(42-60(88)89)32-30-76(28-26-74)41-59(86)87/h3,13-18,35,46,48,53-54,80H,2,4-12,19-34,36,38-44H2,1H3,(H,70,81)(H,71,91)(H,72,90)(H,73,82)(H,84,85)(H,86,87)(H,88,89)/b50-3+/t48-,53+,54-/m1/s1. The van der Waals surface area contributed by atoms with Gasteiger partial charge in [0.25, 0.3) is 17.7 Å². The van der Waals surface area contributed by atoms with Gasteiger partial charge in [0.05, 0.1) is 57.6 Å². The number of hydrogen-bond donors (Lipinski definition) is 8. The average Bonchev–Trinajstić information content (AvgIpc) is 1.09. The van der Waals surface area contributed by atoms with Crippen molar-refractivity contribution in [2.24, 2.45) is 10.9 Å². The van der Waals surface area contributed by atoms with Gasteiger partial charge in [-0.25, -0.2) is 8.78 Å². The Morgan fingerprint density at radius 1 is 0.787 bits per heavy atom. The zero-order valence-corrected chi connectivity index (χ0v) is 56.4. The Bertz CT molecular complexity index is 2910. The number of aliphatic carboxylic acids is 3. The van der Waals surface area contributed by atoms with Crippen LogP contribution < -0.4 is 26.0 Å². The zero-order chi connectivity index (χ0) is 68.6. The van der Waals surface area contributed by atoms with Crippen molar-refractivity contribution in [3.63, 3.8) is 0 Å². The molecule has 0 unspecified atom stereocenters. The number of carboxylic acid groups (broad SMARTS) is 3. The number of aliphatic hydroxyl groups is 1. The summed E-state index contributed by atoms with van der Waals surface area (Å²) in [5.41, 5.74) is 2.06. The van der Waals surface area contributed by atoms with Crippen LogP contribution in [0.2, 0.25) is 0 Å². The molecule has 8 N–H and O–H groups in total. The molecule has 0 aliphatic carbocycles. The quantitative estimate of drug-likeness (QED) is 0.0210. The number of hydrogen-bond acceptors (Lipinski definition) is 18. The van der Waals surface area contributed by atoms with Crippen LogP contribution in [0.3, 0.4) is 0 Å². The highest BCUT2D eigenvalue weighted by Gasteiger charge is 2.47. The third-order valence-corrected chi connectivity index (χ3v) is 18.2. The van der Waals surface area contributed by atoms with Gasteiger partial charge in [0.15, 0.2) is 0 Å². The van der Waals surface area contributed by atoms with Crippen LogP contribution in [0.25, 0.3) is 5.57 Å². The van der Waals surface area contributed by atoms with E-state index in [-0.39, 0.29) is 115 Å². The van der Waals surface area contributed by atoms with E-state index in [0.29, 0.717) is 87.0 Å². The summed E-state index contributed by atoms with van der Waals surface area (Å²) in [6, 6.07) is 12.5. The van der Waals surface area contributed by atoms with E-state index in [2.05, 4.69) is 55.6 Å². The molecule has 3 aliphatic rings. The lowest BCUT2D eigenvalue weighted by Gasteiger charge is -2.33. The topological polar surface area (TPSA) is 347 Å². The van der Waals surface area contributed by atoms with E-state index in [9.17, 15) is 77.6 Å². The van der Waals surface area contributed by atoms with E-state index >= 15 is 0 Å². The van der Waals surface area contributed by atoms with Gasteiger partial charge in [-0.2, -0.15) is 17.0 Å². The highest BCUT2D eigenvalue weighted by molar-refractivity contribution is 14.1. The Kier molecular flexibility index (Phi) is 34.1. The Morgan fingerprint density at radius 3 is 1.97 bits per heavy atom. The summed E-state index contributed by atoms with van der Waals surface area (Å²) in [6.45, 7) is 6.03. The number of amides is 6. The number of nitrogens with one attached hydrogen (secondary N) is 4. The van der Waals surface area contributed by atoms with Crippen molar-refractivity contribution < 1.29 is 77.1 Å². The number of allylic oxidation sites excluding steroid dienone is 1. The molecule has 2 aromatic carbocycles. The van der Waals surface area contributed by atoms with Gasteiger partial charge in [-0.15, -0.1) is 0 Å². The first-order chi connectivity index (χ1) is 44.9. The Labute approximate surface area is 565 Å². The fourth-order valence-electron chi connectivity index (χ4n) is 11.3. The smallest absolute Gasteiger partial charge is 0.317 e. The molecule has 0 radical (unpaired) electrons. The summed E-state index contributed by atoms with van der Waals surface area (Å²) in [5, 5.41) is 60.2. The second-order valence-electron chi connectivity index (χ2n) is 23.7. The van der Waals surface area contributed by atoms with E-state index in [0.717, 1.165) is 46.1 Å². The molecule has 5 rings (SSSR count). The van der Waals surface area contributed by atoms with Crippen LogP contribution in [-0.4, -0.2) is 270 Å². The second-order valence-corrected chi connectivity index (χ2v) is 26.1. The minimum absolute atomic E-state index is 0.0874. The lowest BCUT2D eigenvalue weighted by atomic mass is 9.91. The second kappa shape index (κ2) is 41.2. The molecule has 94 heavy (non-hydrogen) atoms. The maximum absolute atomic E-state index is 13.9. The number of halogens is 3. The summed E-state index contributed by atoms with van der Waals surface area (Å²) >= 11 is 3.53. The highest BCUT2D eigenvalue weighted by atomic mass is 127. The Morgan fingerprint density at radius 2 is 1.39 bits per heavy atom. The van der Waals surface area contributed by atoms with Crippen LogP contribution in [0.15, 0.2) is 53.5 Å². The number of aryl methyl sites for hydroxylation is 1. The third-order valence-electron chi connectivity index (χ3n) is 16.5. The number of ether oxygens (including phenoxy) is 1. The van der Waals surface area contributed by atoms with Gasteiger partial charge in [0, 0.05) is 118 Å². The number of carbonyl (C=O) groups excluding carboxylic acids is 6. The Balaban J connectivity index is 1.05. The van der Waals surface area contributed by atoms with Gasteiger partial charge in [-0.3, -0.25) is 67.7 Å². The largest absolute Gasteiger partial charge is 0.494 e. The number of nitriles is 1. The van der Waals surface area contributed by atoms with Gasteiger partial charge in [0.1, 0.15) is 23.9 Å². The minimum atomic E-state index is -3.19. The lowest BCUT2D eigenvalue weighted by molar-refractivity contribution is -0.140. The van der Waals surface area contributed by atoms with E-state index < -0.39 is 85.2 Å². The van der Waals surface area contributed by atoms with Gasteiger partial charge < -0.3 is 56.2 Å². The number of rotatable bonds is 36. The van der Waals surface area contributed by atoms with Gasteiger partial charge in [0.2, 0.25) is 23.6 Å². The van der Waals surface area contributed by atoms with Crippen molar-refractivity contribution in [3.8, 4) is 11.8 Å². The van der Waals surface area contributed by atoms with Crippen molar-refractivity contribution in [1.29, 1.82) is 5.26 Å². The first-order valence-corrected chi connectivity index (χ1v) is 34.1. The van der Waals surface area contributed by atoms with Crippen molar-refractivity contribution in [2.75, 3.05) is 136 Å². The molecule has 30 heteroatoms. The number of carbonyl (C=O) groups is 9. The van der Waals surface area contributed by atoms with Crippen molar-refractivity contribution in [2.45, 2.75) is 108 Å². The van der Waals surface area contributed by atoms with E-state index in [1.54, 1.807) is 55.7 Å². The van der Waals surface area contributed by atoms with Gasteiger partial charge >= 0.3 is 17.9 Å². The number of benzene rings is 2. The van der Waals surface area contributed by atoms with E-state index in [1.807, 2.05) is 24.3 Å². The fraction of sp³-hybridized carbons (Fsp3) is 0.609. The molecule has 518 valence electrons. The average molecular weight is 1450 g/mol. The van der Waals surface area contributed by atoms with Crippen LogP contribution >= 0.6 is 34.4 Å². The van der Waals surface area contributed by atoms with Crippen LogP contribution in [0.4, 0.5) is 14.5 Å². The molecule has 3 atom stereocenters. The van der Waals surface area contributed by atoms with Crippen LogP contribution in [0.5, 0.6) is 5.75 Å². The normalized spacial score (nSPS) is 17.9. The molecule has 0 aromatic heterocycles. The number of piperidine rings is 1. The number of aliphatic hydroxyl groups excluding tert-OH is 1. The number of nitrogens with zero attached hydrogens (tertiary/aromatic N) is 8. The number of unbranched alkanes of at least 4 members (excludes halogenated alkanes) is 2. The van der Waals surface area contributed by atoms with Crippen molar-refractivity contribution >= 4 is 106 Å². The molecule has 2 aromatic rings. The lowest BCUT2D eigenvalue weighted by Crippen LogP contribution is -2.52. The number of thioether (sulfide) groups is 1. The predicted octanol–water partition coefficient (Wildman–Crippen LogP) is 3.17. The minimum Gasteiger partial charge on any atom is -0.494 e. The summed E-state index contributed by atoms with van der Waals surface area (Å²) in [5.74, 6) is -8.07. The Hall–Kier alpha value is -6.89. The number of alkyl halides is 2. The monoisotopic (exact) mass is 1450 g/mol. The molecular formula is C64H91F2IN12O14S. The summed E-state index contributed by atoms with van der Waals surface area (Å²) < 4.78 is 35.0. The van der Waals surface area contributed by atoms with Crippen LogP contribution in [0, 0.1) is 20.8 Å². The molecular weight excluding hydrogens is 1360 g/mol.